The van der Waals surface area contributed by atoms with E-state index in [0.717, 1.165) is 33.6 Å². The van der Waals surface area contributed by atoms with Gasteiger partial charge >= 0.3 is 6.03 Å². The Bertz CT molecular complexity index is 1380. The van der Waals surface area contributed by atoms with Crippen LogP contribution in [0.5, 0.6) is 0 Å². The fraction of sp³-hybridized carbons (Fsp3) is 0.310. The minimum absolute atomic E-state index is 0.288. The van der Waals surface area contributed by atoms with Crippen LogP contribution in [-0.4, -0.2) is 32.9 Å². The molecule has 0 aliphatic heterocycles. The van der Waals surface area contributed by atoms with Crippen LogP contribution in [0, 0.1) is 13.8 Å². The molecule has 190 valence electrons. The predicted octanol–water partition coefficient (Wildman–Crippen LogP) is 5.68. The summed E-state index contributed by atoms with van der Waals surface area (Å²) in [6.07, 6.45) is 7.17. The smallest absolute Gasteiger partial charge is 0.320 e. The number of nitrogens with one attached hydrogen (secondary N) is 2. The van der Waals surface area contributed by atoms with Crippen molar-refractivity contribution in [1.29, 1.82) is 0 Å². The van der Waals surface area contributed by atoms with E-state index in [1.54, 1.807) is 24.2 Å². The molecule has 5 rings (SSSR count). The fourth-order valence-electron chi connectivity index (χ4n) is 4.70. The number of carbonyl (C=O) groups is 1. The number of anilines is 1. The Kier molecular flexibility index (Phi) is 7.28. The third kappa shape index (κ3) is 5.39. The number of urea groups is 1. The van der Waals surface area contributed by atoms with Gasteiger partial charge in [-0.3, -0.25) is 5.32 Å². The van der Waals surface area contributed by atoms with E-state index < -0.39 is 0 Å². The summed E-state index contributed by atoms with van der Waals surface area (Å²) in [5.41, 5.74) is 6.76. The van der Waals surface area contributed by atoms with Gasteiger partial charge in [-0.05, 0) is 61.4 Å². The van der Waals surface area contributed by atoms with Gasteiger partial charge in [0, 0.05) is 37.2 Å². The van der Waals surface area contributed by atoms with Crippen LogP contribution in [0.15, 0.2) is 60.9 Å². The van der Waals surface area contributed by atoms with Crippen molar-refractivity contribution in [3.8, 4) is 16.9 Å². The number of carbonyl (C=O) groups excluding carboxylic acids is 1. The molecular weight excluding hydrogens is 464 g/mol. The topological polar surface area (TPSA) is 94.0 Å². The molecule has 2 aromatic carbocycles. The average molecular weight is 497 g/mol. The molecule has 2 amide bonds. The number of aromatic nitrogens is 4. The molecular formula is C29H32N6O2. The Hall–Kier alpha value is -4.04. The van der Waals surface area contributed by atoms with Crippen LogP contribution in [0.4, 0.5) is 10.6 Å². The minimum Gasteiger partial charge on any atom is -0.380 e. The van der Waals surface area contributed by atoms with Crippen LogP contribution < -0.4 is 10.6 Å². The highest BCUT2D eigenvalue weighted by Gasteiger charge is 2.23. The van der Waals surface area contributed by atoms with Gasteiger partial charge in [0.1, 0.15) is 17.3 Å². The van der Waals surface area contributed by atoms with E-state index in [4.69, 9.17) is 9.84 Å². The molecule has 8 heteroatoms. The van der Waals surface area contributed by atoms with E-state index in [2.05, 4.69) is 38.8 Å². The van der Waals surface area contributed by atoms with Gasteiger partial charge in [-0.25, -0.2) is 19.4 Å². The molecule has 0 spiro atoms. The quantitative estimate of drug-likeness (QED) is 0.327. The number of hydrogen-bond acceptors (Lipinski definition) is 5. The zero-order valence-corrected chi connectivity index (χ0v) is 21.5. The van der Waals surface area contributed by atoms with Gasteiger partial charge in [-0.15, -0.1) is 0 Å². The monoisotopic (exact) mass is 496 g/mol. The number of para-hydroxylation sites is 1. The van der Waals surface area contributed by atoms with E-state index in [0.29, 0.717) is 30.7 Å². The number of benzene rings is 2. The first-order valence-electron chi connectivity index (χ1n) is 12.6. The Morgan fingerprint density at radius 2 is 1.84 bits per heavy atom. The molecule has 0 unspecified atom stereocenters. The summed E-state index contributed by atoms with van der Waals surface area (Å²) >= 11 is 0. The molecule has 1 aliphatic carbocycles. The molecule has 0 saturated heterocycles. The Balaban J connectivity index is 1.40. The number of amides is 2. The number of hydrogen-bond donors (Lipinski definition) is 2. The maximum atomic E-state index is 13.2. The van der Waals surface area contributed by atoms with Gasteiger partial charge in [0.25, 0.3) is 0 Å². The summed E-state index contributed by atoms with van der Waals surface area (Å²) in [6, 6.07) is 15.9. The lowest BCUT2D eigenvalue weighted by molar-refractivity contribution is 0.185. The molecule has 0 atom stereocenters. The molecule has 0 bridgehead atoms. The Morgan fingerprint density at radius 1 is 1.08 bits per heavy atom. The van der Waals surface area contributed by atoms with Gasteiger partial charge in [0.2, 0.25) is 0 Å². The number of nitrogens with zero attached hydrogens (tertiary/aromatic N) is 4. The molecule has 0 radical (unpaired) electrons. The van der Waals surface area contributed by atoms with Crippen molar-refractivity contribution >= 4 is 11.8 Å². The number of ether oxygens (including phenoxy) is 1. The molecule has 8 nitrogen and oxygen atoms in total. The van der Waals surface area contributed by atoms with Crippen molar-refractivity contribution in [2.45, 2.75) is 52.2 Å². The molecule has 1 saturated carbocycles. The van der Waals surface area contributed by atoms with Crippen LogP contribution in [-0.2, 0) is 17.9 Å². The number of methoxy groups -OCH3 is 1. The summed E-state index contributed by atoms with van der Waals surface area (Å²) in [4.78, 5) is 21.8. The maximum absolute atomic E-state index is 13.2. The highest BCUT2D eigenvalue weighted by Crippen LogP contribution is 2.38. The third-order valence-electron chi connectivity index (χ3n) is 6.91. The summed E-state index contributed by atoms with van der Waals surface area (Å²) < 4.78 is 7.08. The van der Waals surface area contributed by atoms with Gasteiger partial charge in [-0.1, -0.05) is 42.8 Å². The van der Waals surface area contributed by atoms with Crippen LogP contribution in [0.3, 0.4) is 0 Å². The van der Waals surface area contributed by atoms with Crippen molar-refractivity contribution in [2.75, 3.05) is 12.4 Å². The molecule has 1 fully saturated rings. The second-order valence-electron chi connectivity index (χ2n) is 9.49. The van der Waals surface area contributed by atoms with Crippen LogP contribution in [0.2, 0.25) is 0 Å². The average Bonchev–Trinajstić information content (AvgIpc) is 3.20. The highest BCUT2D eigenvalue weighted by molar-refractivity contribution is 5.90. The van der Waals surface area contributed by atoms with E-state index in [9.17, 15) is 4.79 Å². The van der Waals surface area contributed by atoms with E-state index in [1.807, 2.05) is 44.2 Å². The van der Waals surface area contributed by atoms with Gasteiger partial charge in [0.15, 0.2) is 0 Å². The first kappa shape index (κ1) is 24.6. The van der Waals surface area contributed by atoms with Crippen molar-refractivity contribution in [1.82, 2.24) is 25.1 Å². The SMILES string of the molecule is COCc1ccc(C2CCC2)c(CNC(=O)Nc2c(C)c(-c3cnc(C)nc3)nn2-c2ccccc2)c1. The van der Waals surface area contributed by atoms with Crippen LogP contribution in [0.25, 0.3) is 16.9 Å². The maximum Gasteiger partial charge on any atom is 0.320 e. The molecule has 2 heterocycles. The third-order valence-corrected chi connectivity index (χ3v) is 6.91. The van der Waals surface area contributed by atoms with E-state index >= 15 is 0 Å². The van der Waals surface area contributed by atoms with E-state index in [1.165, 1.54) is 24.8 Å². The Morgan fingerprint density at radius 3 is 2.51 bits per heavy atom. The molecule has 4 aromatic rings. The molecule has 2 aromatic heterocycles. The van der Waals surface area contributed by atoms with Crippen molar-refractivity contribution < 1.29 is 9.53 Å². The summed E-state index contributed by atoms with van der Waals surface area (Å²) in [5.74, 6) is 1.86. The largest absolute Gasteiger partial charge is 0.380 e. The standard InChI is InChI=1S/C29H32N6O2/c1-19-27(24-16-30-20(2)31-17-24)34-35(25-10-5-4-6-11-25)28(19)33-29(36)32-15-23-14-21(18-37-3)12-13-26(23)22-8-7-9-22/h4-6,10-14,16-17,22H,7-9,15,18H2,1-3H3,(H2,32,33,36). The lowest BCUT2D eigenvalue weighted by Gasteiger charge is -2.28. The zero-order valence-electron chi connectivity index (χ0n) is 21.5. The fourth-order valence-corrected chi connectivity index (χ4v) is 4.70. The number of rotatable bonds is 8. The first-order chi connectivity index (χ1) is 18.0. The summed E-state index contributed by atoms with van der Waals surface area (Å²) in [5, 5.41) is 10.9. The first-order valence-corrected chi connectivity index (χ1v) is 12.6. The van der Waals surface area contributed by atoms with Crippen molar-refractivity contribution in [3.05, 3.63) is 89.0 Å². The second-order valence-corrected chi connectivity index (χ2v) is 9.49. The van der Waals surface area contributed by atoms with E-state index in [-0.39, 0.29) is 6.03 Å². The predicted molar refractivity (Wildman–Crippen MR) is 144 cm³/mol. The molecule has 2 N–H and O–H groups in total. The highest BCUT2D eigenvalue weighted by atomic mass is 16.5. The van der Waals surface area contributed by atoms with Crippen molar-refractivity contribution in [3.63, 3.8) is 0 Å². The molecule has 37 heavy (non-hydrogen) atoms. The normalized spacial score (nSPS) is 13.3. The zero-order chi connectivity index (χ0) is 25.8. The molecule has 1 aliphatic rings. The number of aryl methyl sites for hydroxylation is 1. The van der Waals surface area contributed by atoms with Crippen molar-refractivity contribution in [2.24, 2.45) is 0 Å². The van der Waals surface area contributed by atoms with Gasteiger partial charge < -0.3 is 10.1 Å². The van der Waals surface area contributed by atoms with Gasteiger partial charge in [-0.2, -0.15) is 5.10 Å². The van der Waals surface area contributed by atoms with Gasteiger partial charge in [0.05, 0.1) is 12.3 Å². The summed E-state index contributed by atoms with van der Waals surface area (Å²) in [7, 11) is 1.69. The minimum atomic E-state index is -0.288. The summed E-state index contributed by atoms with van der Waals surface area (Å²) in [6.45, 7) is 4.77. The lowest BCUT2D eigenvalue weighted by atomic mass is 9.78. The van der Waals surface area contributed by atoms with Crippen LogP contribution >= 0.6 is 0 Å². The lowest BCUT2D eigenvalue weighted by Crippen LogP contribution is -2.30. The van der Waals surface area contributed by atoms with Crippen LogP contribution in [0.1, 0.15) is 53.3 Å². The Labute approximate surface area is 217 Å². The second kappa shape index (κ2) is 10.9.